The third-order valence-corrected chi connectivity index (χ3v) is 3.98. The van der Waals surface area contributed by atoms with Gasteiger partial charge in [-0.2, -0.15) is 0 Å². The summed E-state index contributed by atoms with van der Waals surface area (Å²) in [5, 5.41) is 0. The zero-order valence-electron chi connectivity index (χ0n) is 12.7. The molecule has 0 saturated carbocycles. The summed E-state index contributed by atoms with van der Waals surface area (Å²) in [6, 6.07) is 5.79. The molecule has 1 aromatic heterocycles. The van der Waals surface area contributed by atoms with Crippen molar-refractivity contribution >= 4 is 29.2 Å². The molecule has 1 heterocycles. The molecule has 0 spiro atoms. The Labute approximate surface area is 129 Å². The maximum absolute atomic E-state index is 12.1. The number of aromatic amines is 1. The number of benzene rings is 1. The molecule has 1 N–H and O–H groups in total. The molecular formula is C15H21N3O2S. The molecule has 0 aliphatic rings. The smallest absolute Gasteiger partial charge is 0.224 e. The summed E-state index contributed by atoms with van der Waals surface area (Å²) >= 11 is 5.36. The first-order chi connectivity index (χ1) is 10.1. The Morgan fingerprint density at radius 2 is 2.10 bits per heavy atom. The van der Waals surface area contributed by atoms with Gasteiger partial charge < -0.3 is 19.2 Å². The molecule has 0 aliphatic heterocycles. The van der Waals surface area contributed by atoms with Crippen LogP contribution in [0.2, 0.25) is 0 Å². The number of H-pyrrole nitrogens is 1. The molecule has 5 nitrogen and oxygen atoms in total. The Hall–Kier alpha value is -1.82. The fraction of sp³-hybridized carbons (Fsp3) is 0.467. The zero-order chi connectivity index (χ0) is 15.4. The van der Waals surface area contributed by atoms with Crippen LogP contribution in [0.4, 0.5) is 0 Å². The molecule has 6 heteroatoms. The highest BCUT2D eigenvalue weighted by atomic mass is 32.1. The fourth-order valence-electron chi connectivity index (χ4n) is 2.49. The quantitative estimate of drug-likeness (QED) is 0.835. The van der Waals surface area contributed by atoms with Crippen LogP contribution in [0.1, 0.15) is 20.3 Å². The van der Waals surface area contributed by atoms with Crippen LogP contribution in [-0.2, 0) is 11.3 Å². The summed E-state index contributed by atoms with van der Waals surface area (Å²) in [6.07, 6.45) is 0.445. The Balaban J connectivity index is 2.25. The standard InChI is InChI=1S/C15H21N3O2S/c1-4-17(5-2)13(19)9-10-18-11-7-6-8-12(20-3)14(11)16-15(18)21/h6-8H,4-5,9-10H2,1-3H3,(H,16,21). The molecular weight excluding hydrogens is 286 g/mol. The van der Waals surface area contributed by atoms with Gasteiger partial charge in [0.15, 0.2) is 4.77 Å². The van der Waals surface area contributed by atoms with Gasteiger partial charge in [-0.1, -0.05) is 6.07 Å². The van der Waals surface area contributed by atoms with Gasteiger partial charge in [0.1, 0.15) is 11.3 Å². The van der Waals surface area contributed by atoms with E-state index in [0.29, 0.717) is 17.7 Å². The lowest BCUT2D eigenvalue weighted by Crippen LogP contribution is -2.31. The van der Waals surface area contributed by atoms with Crippen LogP contribution in [-0.4, -0.2) is 40.6 Å². The van der Waals surface area contributed by atoms with Gasteiger partial charge in [-0.15, -0.1) is 0 Å². The molecule has 114 valence electrons. The molecule has 2 aromatic rings. The van der Waals surface area contributed by atoms with E-state index in [9.17, 15) is 4.79 Å². The molecule has 1 aromatic carbocycles. The van der Waals surface area contributed by atoms with Crippen molar-refractivity contribution in [3.05, 3.63) is 23.0 Å². The number of carbonyl (C=O) groups excluding carboxylic acids is 1. The largest absolute Gasteiger partial charge is 0.494 e. The van der Waals surface area contributed by atoms with Crippen LogP contribution in [0.5, 0.6) is 5.75 Å². The molecule has 0 bridgehead atoms. The number of methoxy groups -OCH3 is 1. The number of amides is 1. The number of aromatic nitrogens is 2. The van der Waals surface area contributed by atoms with Gasteiger partial charge in [0, 0.05) is 26.1 Å². The normalized spacial score (nSPS) is 10.8. The third-order valence-electron chi connectivity index (χ3n) is 3.66. The van der Waals surface area contributed by atoms with Gasteiger partial charge >= 0.3 is 0 Å². The fourth-order valence-corrected chi connectivity index (χ4v) is 2.78. The maximum Gasteiger partial charge on any atom is 0.224 e. The minimum absolute atomic E-state index is 0.152. The van der Waals surface area contributed by atoms with E-state index in [1.807, 2.05) is 41.5 Å². The van der Waals surface area contributed by atoms with Crippen LogP contribution in [0.15, 0.2) is 18.2 Å². The molecule has 2 rings (SSSR count). The highest BCUT2D eigenvalue weighted by Gasteiger charge is 2.12. The minimum Gasteiger partial charge on any atom is -0.494 e. The number of rotatable bonds is 6. The van der Waals surface area contributed by atoms with E-state index in [-0.39, 0.29) is 5.91 Å². The summed E-state index contributed by atoms with van der Waals surface area (Å²) < 4.78 is 7.89. The number of fused-ring (bicyclic) bond motifs is 1. The lowest BCUT2D eigenvalue weighted by molar-refractivity contribution is -0.131. The number of ether oxygens (including phenoxy) is 1. The van der Waals surface area contributed by atoms with Crippen LogP contribution >= 0.6 is 12.2 Å². The number of imidazole rings is 1. The van der Waals surface area contributed by atoms with Crippen LogP contribution in [0.25, 0.3) is 11.0 Å². The number of hydrogen-bond donors (Lipinski definition) is 1. The number of aryl methyl sites for hydroxylation is 1. The van der Waals surface area contributed by atoms with Crippen molar-refractivity contribution in [3.63, 3.8) is 0 Å². The molecule has 1 amide bonds. The molecule has 21 heavy (non-hydrogen) atoms. The van der Waals surface area contributed by atoms with Crippen LogP contribution < -0.4 is 4.74 Å². The van der Waals surface area contributed by atoms with Crippen LogP contribution in [0.3, 0.4) is 0 Å². The topological polar surface area (TPSA) is 50.3 Å². The molecule has 0 atom stereocenters. The van der Waals surface area contributed by atoms with E-state index < -0.39 is 0 Å². The molecule has 0 fully saturated rings. The van der Waals surface area contributed by atoms with Crippen molar-refractivity contribution in [1.82, 2.24) is 14.5 Å². The SMILES string of the molecule is CCN(CC)C(=O)CCn1c(=S)[nH]c2c(OC)cccc21. The second kappa shape index (κ2) is 6.76. The first-order valence-corrected chi connectivity index (χ1v) is 7.56. The first kappa shape index (κ1) is 15.6. The van der Waals surface area contributed by atoms with Gasteiger partial charge in [-0.05, 0) is 38.2 Å². The van der Waals surface area contributed by atoms with E-state index in [1.165, 1.54) is 0 Å². The van der Waals surface area contributed by atoms with Crippen molar-refractivity contribution in [2.45, 2.75) is 26.8 Å². The number of nitrogens with zero attached hydrogens (tertiary/aromatic N) is 2. The molecule has 0 unspecified atom stereocenters. The molecule has 0 radical (unpaired) electrons. The summed E-state index contributed by atoms with van der Waals surface area (Å²) in [4.78, 5) is 17.1. The lowest BCUT2D eigenvalue weighted by Gasteiger charge is -2.18. The number of nitrogens with one attached hydrogen (secondary N) is 1. The Kier molecular flexibility index (Phi) is 5.01. The zero-order valence-corrected chi connectivity index (χ0v) is 13.5. The van der Waals surface area contributed by atoms with Crippen molar-refractivity contribution in [2.24, 2.45) is 0 Å². The summed E-state index contributed by atoms with van der Waals surface area (Å²) in [5.41, 5.74) is 1.84. The highest BCUT2D eigenvalue weighted by Crippen LogP contribution is 2.24. The highest BCUT2D eigenvalue weighted by molar-refractivity contribution is 7.71. The average molecular weight is 307 g/mol. The van der Waals surface area contributed by atoms with Crippen molar-refractivity contribution in [1.29, 1.82) is 0 Å². The van der Waals surface area contributed by atoms with E-state index in [4.69, 9.17) is 17.0 Å². The van der Waals surface area contributed by atoms with Gasteiger partial charge in [-0.3, -0.25) is 4.79 Å². The van der Waals surface area contributed by atoms with Crippen molar-refractivity contribution < 1.29 is 9.53 Å². The van der Waals surface area contributed by atoms with Crippen LogP contribution in [0, 0.1) is 4.77 Å². The number of para-hydroxylation sites is 1. The van der Waals surface area contributed by atoms with Gasteiger partial charge in [-0.25, -0.2) is 0 Å². The number of hydrogen-bond acceptors (Lipinski definition) is 3. The van der Waals surface area contributed by atoms with Gasteiger partial charge in [0.2, 0.25) is 5.91 Å². The predicted molar refractivity (Wildman–Crippen MR) is 86.2 cm³/mol. The molecule has 0 saturated heterocycles. The van der Waals surface area contributed by atoms with Crippen molar-refractivity contribution in [2.75, 3.05) is 20.2 Å². The average Bonchev–Trinajstić information content (AvgIpc) is 2.81. The second-order valence-electron chi connectivity index (χ2n) is 4.75. The monoisotopic (exact) mass is 307 g/mol. The van der Waals surface area contributed by atoms with E-state index in [2.05, 4.69) is 4.98 Å². The lowest BCUT2D eigenvalue weighted by atomic mass is 10.3. The summed E-state index contributed by atoms with van der Waals surface area (Å²) in [6.45, 7) is 6.03. The van der Waals surface area contributed by atoms with E-state index in [1.54, 1.807) is 7.11 Å². The van der Waals surface area contributed by atoms with Gasteiger partial charge in [0.25, 0.3) is 0 Å². The van der Waals surface area contributed by atoms with Gasteiger partial charge in [0.05, 0.1) is 12.6 Å². The Bertz CT molecular complexity index is 686. The first-order valence-electron chi connectivity index (χ1n) is 7.15. The van der Waals surface area contributed by atoms with Crippen molar-refractivity contribution in [3.8, 4) is 5.75 Å². The van der Waals surface area contributed by atoms with E-state index >= 15 is 0 Å². The Morgan fingerprint density at radius 1 is 1.38 bits per heavy atom. The minimum atomic E-state index is 0.152. The predicted octanol–water partition coefficient (Wildman–Crippen LogP) is 2.97. The summed E-state index contributed by atoms with van der Waals surface area (Å²) in [5.74, 6) is 0.909. The number of carbonyl (C=O) groups is 1. The maximum atomic E-state index is 12.1. The van der Waals surface area contributed by atoms with E-state index in [0.717, 1.165) is 29.9 Å². The Morgan fingerprint density at radius 3 is 2.71 bits per heavy atom. The third kappa shape index (κ3) is 3.10. The summed E-state index contributed by atoms with van der Waals surface area (Å²) in [7, 11) is 1.63. The molecule has 0 aliphatic carbocycles. The second-order valence-corrected chi connectivity index (χ2v) is 5.14.